The smallest absolute Gasteiger partial charge is 0.318 e. The molecule has 1 atom stereocenters. The van der Waals surface area contributed by atoms with Gasteiger partial charge in [-0.3, -0.25) is 39.7 Å². The maximum Gasteiger partial charge on any atom is 0.318 e. The Morgan fingerprint density at radius 1 is 0.837 bits per heavy atom. The number of methoxy groups -OCH3 is 1. The van der Waals surface area contributed by atoms with Crippen LogP contribution in [0.5, 0.6) is 17.2 Å². The van der Waals surface area contributed by atoms with Gasteiger partial charge >= 0.3 is 5.69 Å². The van der Waals surface area contributed by atoms with E-state index in [4.69, 9.17) is 14.5 Å². The van der Waals surface area contributed by atoms with Crippen LogP contribution >= 0.6 is 11.3 Å². The number of hydrogen-bond acceptors (Lipinski definition) is 11. The lowest BCUT2D eigenvalue weighted by atomic mass is 9.83. The molecule has 0 saturated heterocycles. The highest BCUT2D eigenvalue weighted by Crippen LogP contribution is 2.42. The second kappa shape index (κ2) is 12.3. The van der Waals surface area contributed by atoms with Crippen LogP contribution in [0.1, 0.15) is 34.7 Å². The van der Waals surface area contributed by atoms with E-state index >= 15 is 0 Å². The van der Waals surface area contributed by atoms with Crippen LogP contribution in [0.2, 0.25) is 0 Å². The highest BCUT2D eigenvalue weighted by Gasteiger charge is 2.33. The van der Waals surface area contributed by atoms with Gasteiger partial charge in [0.25, 0.3) is 16.9 Å². The zero-order chi connectivity index (χ0) is 34.4. The fourth-order valence-electron chi connectivity index (χ4n) is 6.11. The van der Waals surface area contributed by atoms with E-state index in [1.165, 1.54) is 36.6 Å². The lowest BCUT2D eigenvalue weighted by molar-refractivity contribution is -0.394. The van der Waals surface area contributed by atoms with Crippen molar-refractivity contribution in [2.75, 3.05) is 7.11 Å². The molecule has 15 heteroatoms. The molecular formula is C34H23N5O9S. The molecule has 2 heterocycles. The Bertz CT molecular complexity index is 2450. The number of non-ortho nitro benzene ring substituents is 2. The van der Waals surface area contributed by atoms with Crippen LogP contribution in [0.3, 0.4) is 0 Å². The maximum atomic E-state index is 14.1. The second-order valence-electron chi connectivity index (χ2n) is 11.1. The van der Waals surface area contributed by atoms with Gasteiger partial charge in [0, 0.05) is 23.8 Å². The summed E-state index contributed by atoms with van der Waals surface area (Å²) in [7, 11) is 1.38. The number of thiazole rings is 1. The van der Waals surface area contributed by atoms with Crippen molar-refractivity contribution < 1.29 is 24.2 Å². The average molecular weight is 678 g/mol. The minimum atomic E-state index is -0.778. The molecule has 5 aromatic rings. The summed E-state index contributed by atoms with van der Waals surface area (Å²) in [5.74, 6) is 0.0763. The molecule has 1 aromatic heterocycles. The molecule has 7 rings (SSSR count). The van der Waals surface area contributed by atoms with E-state index in [0.29, 0.717) is 26.9 Å². The van der Waals surface area contributed by atoms with Gasteiger partial charge in [-0.2, -0.15) is 0 Å². The van der Waals surface area contributed by atoms with Gasteiger partial charge in [0.05, 0.1) is 44.2 Å². The molecule has 1 aliphatic heterocycles. The van der Waals surface area contributed by atoms with Crippen molar-refractivity contribution in [3.63, 3.8) is 0 Å². The molecule has 244 valence electrons. The topological polar surface area (TPSA) is 182 Å². The summed E-state index contributed by atoms with van der Waals surface area (Å²) in [6.45, 7) is 0. The molecule has 1 aliphatic carbocycles. The lowest BCUT2D eigenvalue weighted by Crippen LogP contribution is -2.38. The van der Waals surface area contributed by atoms with Gasteiger partial charge in [0.2, 0.25) is 5.75 Å². The van der Waals surface area contributed by atoms with Crippen molar-refractivity contribution in [1.82, 2.24) is 4.57 Å². The third-order valence-electron chi connectivity index (χ3n) is 8.33. The Hall–Kier alpha value is -6.48. The molecule has 0 N–H and O–H groups in total. The molecule has 0 saturated carbocycles. The Morgan fingerprint density at radius 3 is 2.35 bits per heavy atom. The summed E-state index contributed by atoms with van der Waals surface area (Å²) in [6.07, 6.45) is 3.02. The number of aromatic nitrogens is 1. The fraction of sp³-hybridized carbons (Fsp3) is 0.118. The maximum absolute atomic E-state index is 14.1. The van der Waals surface area contributed by atoms with Crippen LogP contribution in [0.4, 0.5) is 17.1 Å². The average Bonchev–Trinajstić information content (AvgIpc) is 3.41. The predicted octanol–water partition coefficient (Wildman–Crippen LogP) is 5.84. The number of ether oxygens (including phenoxy) is 2. The summed E-state index contributed by atoms with van der Waals surface area (Å²) < 4.78 is 13.2. The number of allylic oxidation sites excluding steroid dienone is 1. The van der Waals surface area contributed by atoms with Crippen molar-refractivity contribution in [3.8, 4) is 17.2 Å². The van der Waals surface area contributed by atoms with Gasteiger partial charge in [0.15, 0.2) is 16.3 Å². The largest absolute Gasteiger partial charge is 0.493 e. The van der Waals surface area contributed by atoms with Crippen molar-refractivity contribution in [2.24, 2.45) is 4.99 Å². The van der Waals surface area contributed by atoms with E-state index in [1.807, 2.05) is 24.3 Å². The quantitative estimate of drug-likeness (QED) is 0.144. The van der Waals surface area contributed by atoms with Crippen LogP contribution in [0.25, 0.3) is 11.8 Å². The zero-order valence-electron chi connectivity index (χ0n) is 25.5. The molecule has 0 amide bonds. The molecule has 0 unspecified atom stereocenters. The first kappa shape index (κ1) is 31.1. The number of fused-ring (bicyclic) bond motifs is 3. The summed E-state index contributed by atoms with van der Waals surface area (Å²) in [4.78, 5) is 52.0. The molecule has 2 aliphatic rings. The van der Waals surface area contributed by atoms with E-state index in [9.17, 15) is 35.1 Å². The number of rotatable bonds is 8. The van der Waals surface area contributed by atoms with Crippen LogP contribution < -0.4 is 24.4 Å². The summed E-state index contributed by atoms with van der Waals surface area (Å²) >= 11 is 1.18. The van der Waals surface area contributed by atoms with E-state index in [-0.39, 0.29) is 28.5 Å². The van der Waals surface area contributed by atoms with E-state index in [1.54, 1.807) is 34.9 Å². The molecule has 14 nitrogen and oxygen atoms in total. The van der Waals surface area contributed by atoms with E-state index in [2.05, 4.69) is 0 Å². The SMILES string of the molecule is COc1cc(/C=c2/sc3n(c2=O)[C@@H](c2cccc([N+](=O)[O-])c2)C2=C(N=3)c3ccccc3CC2)ccc1Oc1ccc([N+](=O)[O-])cc1[N+](=O)[O-]. The van der Waals surface area contributed by atoms with Gasteiger partial charge in [0.1, 0.15) is 0 Å². The summed E-state index contributed by atoms with van der Waals surface area (Å²) in [5.41, 5.74) is 3.46. The van der Waals surface area contributed by atoms with Crippen molar-refractivity contribution in [3.05, 3.63) is 163 Å². The summed E-state index contributed by atoms with van der Waals surface area (Å²) in [5, 5.41) is 34.4. The Labute approximate surface area is 279 Å². The molecule has 0 radical (unpaired) electrons. The molecule has 0 bridgehead atoms. The minimum Gasteiger partial charge on any atom is -0.493 e. The van der Waals surface area contributed by atoms with Crippen LogP contribution in [-0.2, 0) is 6.42 Å². The van der Waals surface area contributed by atoms with Crippen molar-refractivity contribution >= 4 is 40.2 Å². The number of nitrogens with zero attached hydrogens (tertiary/aromatic N) is 5. The van der Waals surface area contributed by atoms with Crippen molar-refractivity contribution in [1.29, 1.82) is 0 Å². The predicted molar refractivity (Wildman–Crippen MR) is 179 cm³/mol. The molecule has 0 spiro atoms. The van der Waals surface area contributed by atoms with Gasteiger partial charge in [-0.1, -0.05) is 53.8 Å². The first-order valence-corrected chi connectivity index (χ1v) is 15.6. The third kappa shape index (κ3) is 5.61. The molecule has 4 aromatic carbocycles. The van der Waals surface area contributed by atoms with Crippen LogP contribution in [-0.4, -0.2) is 26.4 Å². The normalized spacial score (nSPS) is 15.0. The Kier molecular flexibility index (Phi) is 7.80. The van der Waals surface area contributed by atoms with Gasteiger partial charge < -0.3 is 9.47 Å². The number of aryl methyl sites for hydroxylation is 1. The van der Waals surface area contributed by atoms with E-state index in [0.717, 1.165) is 47.0 Å². The molecule has 49 heavy (non-hydrogen) atoms. The first-order chi connectivity index (χ1) is 23.6. The monoisotopic (exact) mass is 677 g/mol. The first-order valence-electron chi connectivity index (χ1n) is 14.8. The highest BCUT2D eigenvalue weighted by molar-refractivity contribution is 7.07. The number of hydrogen-bond donors (Lipinski definition) is 0. The zero-order valence-corrected chi connectivity index (χ0v) is 26.3. The van der Waals surface area contributed by atoms with Crippen LogP contribution in [0.15, 0.2) is 100 Å². The molecular weight excluding hydrogens is 654 g/mol. The summed E-state index contributed by atoms with van der Waals surface area (Å²) in [6, 6.07) is 21.4. The van der Waals surface area contributed by atoms with Gasteiger partial charge in [-0.25, -0.2) is 4.99 Å². The fourth-order valence-corrected chi connectivity index (χ4v) is 7.11. The number of benzene rings is 4. The Morgan fingerprint density at radius 2 is 1.59 bits per heavy atom. The van der Waals surface area contributed by atoms with Crippen molar-refractivity contribution in [2.45, 2.75) is 18.9 Å². The van der Waals surface area contributed by atoms with Crippen LogP contribution in [0, 0.1) is 30.3 Å². The molecule has 0 fully saturated rings. The standard InChI is InChI=1S/C34H23N5O9S/c1-47-29-15-19(9-13-28(29)48-27-14-11-23(38(43)44)18-26(27)39(45)46)16-30-33(40)36-32(21-6-4-7-22(17-21)37(41)42)25-12-10-20-5-2-3-8-24(20)31(25)35-34(36)49-30/h2-9,11,13-18,32H,10,12H2,1H3/b30-16+/t32-/m0/s1. The number of nitro benzene ring substituents is 3. The minimum absolute atomic E-state index is 0.0801. The highest BCUT2D eigenvalue weighted by atomic mass is 32.1. The van der Waals surface area contributed by atoms with Gasteiger partial charge in [-0.05, 0) is 59.4 Å². The number of nitro groups is 3. The second-order valence-corrected chi connectivity index (χ2v) is 12.2. The third-order valence-corrected chi connectivity index (χ3v) is 9.31. The Balaban J connectivity index is 1.33. The van der Waals surface area contributed by atoms with Gasteiger partial charge in [-0.15, -0.1) is 0 Å². The lowest BCUT2D eigenvalue weighted by Gasteiger charge is -2.30. The van der Waals surface area contributed by atoms with E-state index < -0.39 is 32.2 Å².